The summed E-state index contributed by atoms with van der Waals surface area (Å²) in [7, 11) is 0. The van der Waals surface area contributed by atoms with E-state index >= 15 is 0 Å². The van der Waals surface area contributed by atoms with Crippen LogP contribution >= 0.6 is 15.9 Å². The van der Waals surface area contributed by atoms with Crippen LogP contribution in [0.15, 0.2) is 17.2 Å². The van der Waals surface area contributed by atoms with E-state index in [2.05, 4.69) is 27.6 Å². The maximum atomic E-state index is 13.2. The van der Waals surface area contributed by atoms with E-state index in [4.69, 9.17) is 0 Å². The summed E-state index contributed by atoms with van der Waals surface area (Å²) in [5.41, 5.74) is 1.43. The van der Waals surface area contributed by atoms with Gasteiger partial charge in [-0.15, -0.1) is 0 Å². The average Bonchev–Trinajstić information content (AvgIpc) is 2.37. The van der Waals surface area contributed by atoms with Crippen LogP contribution in [0.3, 0.4) is 0 Å². The Morgan fingerprint density at radius 2 is 2.29 bits per heavy atom. The van der Waals surface area contributed by atoms with E-state index in [0.29, 0.717) is 16.7 Å². The van der Waals surface area contributed by atoms with Crippen LogP contribution in [0.4, 0.5) is 8.78 Å². The fourth-order valence-corrected chi connectivity index (χ4v) is 1.96. The predicted octanol–water partition coefficient (Wildman–Crippen LogP) is 3.09. The van der Waals surface area contributed by atoms with Crippen molar-refractivity contribution in [3.8, 4) is 0 Å². The third kappa shape index (κ3) is 1.73. The van der Waals surface area contributed by atoms with Crippen LogP contribution in [0.2, 0.25) is 0 Å². The third-order valence-corrected chi connectivity index (χ3v) is 2.67. The van der Waals surface area contributed by atoms with Gasteiger partial charge < -0.3 is 0 Å². The highest BCUT2D eigenvalue weighted by Crippen LogP contribution is 2.33. The van der Waals surface area contributed by atoms with Crippen LogP contribution in [0.1, 0.15) is 18.5 Å². The Bertz CT molecular complexity index is 384. The van der Waals surface area contributed by atoms with Gasteiger partial charge >= 0.3 is 0 Å². The second-order valence-electron chi connectivity index (χ2n) is 3.47. The van der Waals surface area contributed by atoms with Crippen LogP contribution in [0.25, 0.3) is 5.57 Å². The van der Waals surface area contributed by atoms with Crippen molar-refractivity contribution in [2.24, 2.45) is 0 Å². The molecule has 0 aliphatic carbocycles. The van der Waals surface area contributed by atoms with Crippen LogP contribution < -0.4 is 0 Å². The molecule has 0 saturated carbocycles. The summed E-state index contributed by atoms with van der Waals surface area (Å²) in [6.45, 7) is 3.43. The first-order valence-electron chi connectivity index (χ1n) is 4.27. The van der Waals surface area contributed by atoms with Crippen LogP contribution in [-0.4, -0.2) is 15.7 Å². The molecule has 0 spiro atoms. The number of nitrogens with zero attached hydrogens (tertiary/aromatic N) is 2. The highest BCUT2D eigenvalue weighted by Gasteiger charge is 2.33. The number of fused-ring (bicyclic) bond motifs is 1. The quantitative estimate of drug-likeness (QED) is 0.703. The first-order valence-corrected chi connectivity index (χ1v) is 5.06. The SMILES string of the molecule is C=C1CCC(F)(F)Cn2nc(Br)cc21. The van der Waals surface area contributed by atoms with Gasteiger partial charge in [0.25, 0.3) is 5.92 Å². The highest BCUT2D eigenvalue weighted by atomic mass is 79.9. The zero-order chi connectivity index (χ0) is 10.3. The molecule has 2 nitrogen and oxygen atoms in total. The lowest BCUT2D eigenvalue weighted by Crippen LogP contribution is -2.22. The number of halogens is 3. The second kappa shape index (κ2) is 3.15. The fraction of sp³-hybridized carbons (Fsp3) is 0.444. The van der Waals surface area contributed by atoms with Crippen LogP contribution in [0.5, 0.6) is 0 Å². The standard InChI is InChI=1S/C9H9BrF2N2/c1-6-2-3-9(11,12)5-14-7(6)4-8(10)13-14/h4H,1-3,5H2. The minimum absolute atomic E-state index is 0.146. The summed E-state index contributed by atoms with van der Waals surface area (Å²) in [5, 5.41) is 3.95. The number of hydrogen-bond acceptors (Lipinski definition) is 1. The predicted molar refractivity (Wildman–Crippen MR) is 53.1 cm³/mol. The molecule has 0 atom stereocenters. The van der Waals surface area contributed by atoms with E-state index in [9.17, 15) is 8.78 Å². The topological polar surface area (TPSA) is 17.8 Å². The molecule has 2 heterocycles. The lowest BCUT2D eigenvalue weighted by molar-refractivity contribution is -0.0238. The average molecular weight is 263 g/mol. The Kier molecular flexibility index (Phi) is 2.21. The molecule has 1 aromatic rings. The molecule has 0 saturated heterocycles. The molecule has 0 N–H and O–H groups in total. The number of alkyl halides is 2. The van der Waals surface area contributed by atoms with Crippen molar-refractivity contribution in [1.82, 2.24) is 9.78 Å². The molecule has 0 amide bonds. The largest absolute Gasteiger partial charge is 0.267 e. The maximum Gasteiger partial charge on any atom is 0.267 e. The molecule has 1 aromatic heterocycles. The van der Waals surface area contributed by atoms with Gasteiger partial charge in [0.1, 0.15) is 11.1 Å². The van der Waals surface area contributed by atoms with Gasteiger partial charge in [0.2, 0.25) is 0 Å². The molecule has 0 aromatic carbocycles. The van der Waals surface area contributed by atoms with Crippen molar-refractivity contribution in [3.63, 3.8) is 0 Å². The summed E-state index contributed by atoms with van der Waals surface area (Å²) in [6, 6.07) is 1.73. The first kappa shape index (κ1) is 9.83. The Hall–Kier alpha value is -0.710. The maximum absolute atomic E-state index is 13.2. The molecular weight excluding hydrogens is 254 g/mol. The van der Waals surface area contributed by atoms with Gasteiger partial charge in [-0.25, -0.2) is 8.78 Å². The number of hydrogen-bond donors (Lipinski definition) is 0. The zero-order valence-corrected chi connectivity index (χ0v) is 9.02. The van der Waals surface area contributed by atoms with E-state index in [1.807, 2.05) is 0 Å². The van der Waals surface area contributed by atoms with E-state index in [0.717, 1.165) is 5.57 Å². The molecule has 0 fully saturated rings. The van der Waals surface area contributed by atoms with E-state index < -0.39 is 5.92 Å². The fourth-order valence-electron chi connectivity index (χ4n) is 1.55. The third-order valence-electron chi connectivity index (χ3n) is 2.29. The molecule has 1 aliphatic heterocycles. The van der Waals surface area contributed by atoms with Crippen molar-refractivity contribution >= 4 is 21.5 Å². The molecule has 0 unspecified atom stereocenters. The van der Waals surface area contributed by atoms with Gasteiger partial charge in [0.15, 0.2) is 0 Å². The number of rotatable bonds is 0. The Labute approximate surface area is 88.7 Å². The van der Waals surface area contributed by atoms with Gasteiger partial charge in [0, 0.05) is 6.42 Å². The Balaban J connectivity index is 2.45. The molecule has 5 heteroatoms. The first-order chi connectivity index (χ1) is 6.48. The molecule has 0 bridgehead atoms. The van der Waals surface area contributed by atoms with E-state index in [1.165, 1.54) is 4.68 Å². The molecule has 1 aliphatic rings. The molecule has 2 rings (SSSR count). The van der Waals surface area contributed by atoms with Crippen molar-refractivity contribution in [2.45, 2.75) is 25.3 Å². The van der Waals surface area contributed by atoms with Gasteiger partial charge in [0.05, 0.1) is 5.69 Å². The lowest BCUT2D eigenvalue weighted by atomic mass is 10.1. The normalized spacial score (nSPS) is 20.4. The number of allylic oxidation sites excluding steroid dienone is 1. The summed E-state index contributed by atoms with van der Waals surface area (Å²) >= 11 is 3.16. The van der Waals surface area contributed by atoms with Gasteiger partial charge in [-0.2, -0.15) is 5.10 Å². The van der Waals surface area contributed by atoms with Crippen molar-refractivity contribution < 1.29 is 8.78 Å². The van der Waals surface area contributed by atoms with Gasteiger partial charge in [-0.05, 0) is 34.0 Å². The van der Waals surface area contributed by atoms with Crippen molar-refractivity contribution in [3.05, 3.63) is 22.9 Å². The van der Waals surface area contributed by atoms with Crippen molar-refractivity contribution in [1.29, 1.82) is 0 Å². The Morgan fingerprint density at radius 1 is 1.57 bits per heavy atom. The highest BCUT2D eigenvalue weighted by molar-refractivity contribution is 9.10. The van der Waals surface area contributed by atoms with E-state index in [1.54, 1.807) is 6.07 Å². The second-order valence-corrected chi connectivity index (χ2v) is 4.28. The van der Waals surface area contributed by atoms with Gasteiger partial charge in [-0.3, -0.25) is 4.68 Å². The van der Waals surface area contributed by atoms with Crippen LogP contribution in [-0.2, 0) is 6.54 Å². The minimum Gasteiger partial charge on any atom is -0.258 e. The summed E-state index contributed by atoms with van der Waals surface area (Å²) < 4.78 is 28.3. The monoisotopic (exact) mass is 262 g/mol. The smallest absolute Gasteiger partial charge is 0.258 e. The number of aromatic nitrogens is 2. The van der Waals surface area contributed by atoms with Crippen LogP contribution in [0, 0.1) is 0 Å². The summed E-state index contributed by atoms with van der Waals surface area (Å²) in [4.78, 5) is 0. The Morgan fingerprint density at radius 3 is 3.00 bits per heavy atom. The van der Waals surface area contributed by atoms with E-state index in [-0.39, 0.29) is 13.0 Å². The van der Waals surface area contributed by atoms with Crippen molar-refractivity contribution in [2.75, 3.05) is 0 Å². The molecule has 0 radical (unpaired) electrons. The molecule has 14 heavy (non-hydrogen) atoms. The van der Waals surface area contributed by atoms with Gasteiger partial charge in [-0.1, -0.05) is 6.58 Å². The molecule has 76 valence electrons. The zero-order valence-electron chi connectivity index (χ0n) is 7.43. The summed E-state index contributed by atoms with van der Waals surface area (Å²) in [5.74, 6) is -2.68. The summed E-state index contributed by atoms with van der Waals surface area (Å²) in [6.07, 6.45) is 0.179. The minimum atomic E-state index is -2.68. The lowest BCUT2D eigenvalue weighted by Gasteiger charge is -2.12. The molecular formula is C9H9BrF2N2.